The molecule has 1 aliphatic carbocycles. The SMILES string of the molecule is N#Cc1ccccc1COc1cccc(C(=O)Nc2cccc(S(=O)(=O)C3CCCC3)c2)c1. The molecule has 4 rings (SSSR count). The smallest absolute Gasteiger partial charge is 0.255 e. The van der Waals surface area contributed by atoms with Crippen molar-refractivity contribution in [2.24, 2.45) is 0 Å². The molecule has 0 atom stereocenters. The van der Waals surface area contributed by atoms with Gasteiger partial charge in [-0.1, -0.05) is 43.2 Å². The number of anilines is 1. The molecule has 7 heteroatoms. The first-order chi connectivity index (χ1) is 16.0. The summed E-state index contributed by atoms with van der Waals surface area (Å²) in [4.78, 5) is 13.0. The zero-order chi connectivity index (χ0) is 23.3. The molecule has 1 aliphatic rings. The topological polar surface area (TPSA) is 96.3 Å². The number of nitrogens with zero attached hydrogens (tertiary/aromatic N) is 1. The highest BCUT2D eigenvalue weighted by molar-refractivity contribution is 7.92. The summed E-state index contributed by atoms with van der Waals surface area (Å²) < 4.78 is 31.5. The molecule has 6 nitrogen and oxygen atoms in total. The summed E-state index contributed by atoms with van der Waals surface area (Å²) in [6, 6.07) is 22.4. The predicted octanol–water partition coefficient (Wildman–Crippen LogP) is 5.11. The fraction of sp³-hybridized carbons (Fsp3) is 0.231. The highest BCUT2D eigenvalue weighted by atomic mass is 32.2. The molecule has 0 heterocycles. The molecule has 168 valence electrons. The van der Waals surface area contributed by atoms with Crippen molar-refractivity contribution >= 4 is 21.4 Å². The molecule has 1 N–H and O–H groups in total. The summed E-state index contributed by atoms with van der Waals surface area (Å²) in [7, 11) is -3.40. The minimum atomic E-state index is -3.40. The van der Waals surface area contributed by atoms with E-state index in [1.54, 1.807) is 54.6 Å². The van der Waals surface area contributed by atoms with E-state index in [1.807, 2.05) is 12.1 Å². The average molecular weight is 461 g/mol. The molecule has 0 saturated heterocycles. The van der Waals surface area contributed by atoms with Gasteiger partial charge >= 0.3 is 0 Å². The van der Waals surface area contributed by atoms with Crippen LogP contribution in [0.5, 0.6) is 5.75 Å². The molecule has 0 radical (unpaired) electrons. The average Bonchev–Trinajstić information content (AvgIpc) is 3.39. The Balaban J connectivity index is 1.45. The maximum absolute atomic E-state index is 12.9. The summed E-state index contributed by atoms with van der Waals surface area (Å²) in [5.41, 5.74) is 2.10. The number of hydrogen-bond donors (Lipinski definition) is 1. The van der Waals surface area contributed by atoms with E-state index < -0.39 is 9.84 Å². The summed E-state index contributed by atoms with van der Waals surface area (Å²) in [6.45, 7) is 0.204. The molecule has 33 heavy (non-hydrogen) atoms. The van der Waals surface area contributed by atoms with Gasteiger partial charge in [0.2, 0.25) is 0 Å². The van der Waals surface area contributed by atoms with Crippen LogP contribution < -0.4 is 10.1 Å². The number of carbonyl (C=O) groups is 1. The van der Waals surface area contributed by atoms with E-state index >= 15 is 0 Å². The number of nitriles is 1. The van der Waals surface area contributed by atoms with E-state index in [9.17, 15) is 18.5 Å². The number of benzene rings is 3. The van der Waals surface area contributed by atoms with Crippen LogP contribution in [0.1, 0.15) is 47.2 Å². The quantitative estimate of drug-likeness (QED) is 0.529. The van der Waals surface area contributed by atoms with Gasteiger partial charge in [-0.25, -0.2) is 8.42 Å². The lowest BCUT2D eigenvalue weighted by Crippen LogP contribution is -2.18. The molecule has 1 amide bonds. The van der Waals surface area contributed by atoms with Gasteiger partial charge in [0.15, 0.2) is 9.84 Å². The number of rotatable bonds is 7. The molecule has 3 aromatic rings. The summed E-state index contributed by atoms with van der Waals surface area (Å²) in [5.74, 6) is 0.126. The van der Waals surface area contributed by atoms with Crippen molar-refractivity contribution in [2.45, 2.75) is 42.4 Å². The molecular weight excluding hydrogens is 436 g/mol. The van der Waals surface area contributed by atoms with Gasteiger partial charge in [0, 0.05) is 16.8 Å². The second kappa shape index (κ2) is 9.88. The van der Waals surface area contributed by atoms with Crippen molar-refractivity contribution in [1.29, 1.82) is 5.26 Å². The van der Waals surface area contributed by atoms with Gasteiger partial charge in [0.25, 0.3) is 5.91 Å². The Morgan fingerprint density at radius 3 is 2.55 bits per heavy atom. The van der Waals surface area contributed by atoms with Crippen molar-refractivity contribution in [2.75, 3.05) is 5.32 Å². The summed E-state index contributed by atoms with van der Waals surface area (Å²) in [5, 5.41) is 11.6. The molecular formula is C26H24N2O4S. The van der Waals surface area contributed by atoms with Crippen LogP contribution in [-0.2, 0) is 16.4 Å². The number of nitrogens with one attached hydrogen (secondary N) is 1. The molecule has 1 saturated carbocycles. The Labute approximate surface area is 193 Å². The first-order valence-electron chi connectivity index (χ1n) is 10.8. The van der Waals surface area contributed by atoms with Gasteiger partial charge in [-0.3, -0.25) is 4.79 Å². The van der Waals surface area contributed by atoms with Crippen LogP contribution in [0.3, 0.4) is 0 Å². The maximum Gasteiger partial charge on any atom is 0.255 e. The third-order valence-corrected chi connectivity index (χ3v) is 8.05. The van der Waals surface area contributed by atoms with Crippen molar-refractivity contribution in [3.8, 4) is 11.8 Å². The van der Waals surface area contributed by atoms with Crippen molar-refractivity contribution in [3.05, 3.63) is 89.5 Å². The predicted molar refractivity (Wildman–Crippen MR) is 126 cm³/mol. The van der Waals surface area contributed by atoms with Gasteiger partial charge in [-0.05, 0) is 55.3 Å². The van der Waals surface area contributed by atoms with E-state index in [2.05, 4.69) is 11.4 Å². The standard InChI is InChI=1S/C26H24N2O4S/c27-17-20-7-1-2-8-21(20)18-32-23-11-5-9-19(15-23)26(29)28-22-10-6-14-25(16-22)33(30,31)24-12-3-4-13-24/h1-2,5-11,14-16,24H,3-4,12-13,18H2,(H,28,29). The molecule has 0 aliphatic heterocycles. The van der Waals surface area contributed by atoms with Crippen LogP contribution in [-0.4, -0.2) is 19.6 Å². The molecule has 0 spiro atoms. The Morgan fingerprint density at radius 1 is 1.00 bits per heavy atom. The number of carbonyl (C=O) groups excluding carboxylic acids is 1. The Hall–Kier alpha value is -3.63. The Bertz CT molecular complexity index is 1310. The van der Waals surface area contributed by atoms with Crippen LogP contribution in [0, 0.1) is 11.3 Å². The number of ether oxygens (including phenoxy) is 1. The lowest BCUT2D eigenvalue weighted by molar-refractivity contribution is 0.102. The number of amides is 1. The van der Waals surface area contributed by atoms with Gasteiger partial charge in [0.1, 0.15) is 12.4 Å². The van der Waals surface area contributed by atoms with Gasteiger partial charge in [-0.2, -0.15) is 5.26 Å². The zero-order valence-corrected chi connectivity index (χ0v) is 18.8. The van der Waals surface area contributed by atoms with Gasteiger partial charge < -0.3 is 10.1 Å². The number of hydrogen-bond acceptors (Lipinski definition) is 5. The van der Waals surface area contributed by atoms with E-state index in [4.69, 9.17) is 4.74 Å². The normalized spacial score (nSPS) is 13.9. The van der Waals surface area contributed by atoms with Crippen molar-refractivity contribution < 1.29 is 17.9 Å². The van der Waals surface area contributed by atoms with Crippen LogP contribution in [0.4, 0.5) is 5.69 Å². The second-order valence-corrected chi connectivity index (χ2v) is 10.2. The minimum absolute atomic E-state index is 0.204. The largest absolute Gasteiger partial charge is 0.489 e. The van der Waals surface area contributed by atoms with E-state index in [0.29, 0.717) is 35.4 Å². The van der Waals surface area contributed by atoms with Gasteiger partial charge in [0.05, 0.1) is 21.8 Å². The lowest BCUT2D eigenvalue weighted by Gasteiger charge is -2.13. The van der Waals surface area contributed by atoms with Crippen molar-refractivity contribution in [1.82, 2.24) is 0 Å². The third kappa shape index (κ3) is 5.24. The lowest BCUT2D eigenvalue weighted by atomic mass is 10.1. The van der Waals surface area contributed by atoms with Crippen LogP contribution in [0.15, 0.2) is 77.7 Å². The molecule has 0 aromatic heterocycles. The van der Waals surface area contributed by atoms with E-state index in [1.165, 1.54) is 6.07 Å². The molecule has 0 bridgehead atoms. The fourth-order valence-corrected chi connectivity index (χ4v) is 5.89. The van der Waals surface area contributed by atoms with Crippen LogP contribution in [0.2, 0.25) is 0 Å². The van der Waals surface area contributed by atoms with E-state index in [-0.39, 0.29) is 22.7 Å². The van der Waals surface area contributed by atoms with Crippen LogP contribution in [0.25, 0.3) is 0 Å². The Kier molecular flexibility index (Phi) is 6.76. The monoisotopic (exact) mass is 460 g/mol. The first kappa shape index (κ1) is 22.6. The van der Waals surface area contributed by atoms with Gasteiger partial charge in [-0.15, -0.1) is 0 Å². The van der Waals surface area contributed by atoms with E-state index in [0.717, 1.165) is 18.4 Å². The summed E-state index contributed by atoms with van der Waals surface area (Å²) >= 11 is 0. The molecule has 1 fully saturated rings. The zero-order valence-electron chi connectivity index (χ0n) is 18.0. The van der Waals surface area contributed by atoms with Crippen LogP contribution >= 0.6 is 0 Å². The highest BCUT2D eigenvalue weighted by Crippen LogP contribution is 2.30. The fourth-order valence-electron chi connectivity index (χ4n) is 3.99. The second-order valence-electron chi connectivity index (χ2n) is 8.02. The van der Waals surface area contributed by atoms with Crippen molar-refractivity contribution in [3.63, 3.8) is 0 Å². The third-order valence-electron chi connectivity index (χ3n) is 5.79. The minimum Gasteiger partial charge on any atom is -0.489 e. The first-order valence-corrected chi connectivity index (χ1v) is 12.4. The molecule has 3 aromatic carbocycles. The molecule has 0 unspecified atom stereocenters. The summed E-state index contributed by atoms with van der Waals surface area (Å²) in [6.07, 6.45) is 3.23. The number of sulfone groups is 1. The highest BCUT2D eigenvalue weighted by Gasteiger charge is 2.30. The maximum atomic E-state index is 12.9. The Morgan fingerprint density at radius 2 is 1.76 bits per heavy atom.